The number of carbonyl (C=O) groups excluding carboxylic acids is 1. The van der Waals surface area contributed by atoms with Gasteiger partial charge in [0.05, 0.1) is 10.5 Å². The van der Waals surface area contributed by atoms with Crippen LogP contribution in [0.5, 0.6) is 0 Å². The van der Waals surface area contributed by atoms with Gasteiger partial charge in [0.25, 0.3) is 15.0 Å². The zero-order valence-corrected chi connectivity index (χ0v) is 10.1. The van der Waals surface area contributed by atoms with Crippen molar-refractivity contribution in [3.8, 4) is 0 Å². The minimum absolute atomic E-state index is 0.0420. The monoisotopic (exact) mass is 265 g/mol. The van der Waals surface area contributed by atoms with Crippen LogP contribution in [0.25, 0.3) is 0 Å². The van der Waals surface area contributed by atoms with E-state index in [1.165, 1.54) is 14.0 Å². The summed E-state index contributed by atoms with van der Waals surface area (Å²) in [5.41, 5.74) is -0.304. The second kappa shape index (κ2) is 4.39. The summed E-state index contributed by atoms with van der Waals surface area (Å²) in [5, 5.41) is 2.21. The summed E-state index contributed by atoms with van der Waals surface area (Å²) in [6.07, 6.45) is 0. The predicted molar refractivity (Wildman–Crippen MR) is 57.6 cm³/mol. The second-order valence-corrected chi connectivity index (χ2v) is 5.68. The van der Waals surface area contributed by atoms with Gasteiger partial charge in [0, 0.05) is 17.7 Å². The first-order chi connectivity index (χ1) is 7.27. The Labute approximate surface area is 96.8 Å². The maximum Gasteiger partial charge on any atom is 0.261 e. The van der Waals surface area contributed by atoms with Gasteiger partial charge in [0.15, 0.2) is 0 Å². The normalized spacial score (nSPS) is 11.2. The van der Waals surface area contributed by atoms with Gasteiger partial charge >= 0.3 is 0 Å². The third kappa shape index (κ3) is 2.51. The molecular weight excluding hydrogens is 257 g/mol. The van der Waals surface area contributed by atoms with E-state index in [0.29, 0.717) is 0 Å². The molecule has 1 aromatic carbocycles. The van der Waals surface area contributed by atoms with Crippen molar-refractivity contribution in [1.82, 2.24) is 5.32 Å². The Balaban J connectivity index is 3.51. The van der Waals surface area contributed by atoms with E-state index in [0.717, 1.165) is 12.1 Å². The molecular formula is C9H9ClFNO3S. The zero-order valence-electron chi connectivity index (χ0n) is 8.54. The van der Waals surface area contributed by atoms with Gasteiger partial charge in [-0.1, -0.05) is 0 Å². The van der Waals surface area contributed by atoms with Gasteiger partial charge in [-0.15, -0.1) is 0 Å². The SMILES string of the molecule is CNC(=O)c1cc(S(=O)(=O)Cl)cc(C)c1F. The molecule has 0 saturated heterocycles. The quantitative estimate of drug-likeness (QED) is 0.823. The van der Waals surface area contributed by atoms with Crippen molar-refractivity contribution in [2.24, 2.45) is 0 Å². The Kier molecular flexibility index (Phi) is 3.54. The molecule has 88 valence electrons. The van der Waals surface area contributed by atoms with Crippen LogP contribution in [0.1, 0.15) is 15.9 Å². The fourth-order valence-corrected chi connectivity index (χ4v) is 2.02. The van der Waals surface area contributed by atoms with Crippen LogP contribution < -0.4 is 5.32 Å². The molecule has 1 amide bonds. The maximum atomic E-state index is 13.5. The number of rotatable bonds is 2. The van der Waals surface area contributed by atoms with Crippen LogP contribution in [-0.2, 0) is 9.05 Å². The highest BCUT2D eigenvalue weighted by Gasteiger charge is 2.19. The molecule has 0 aliphatic carbocycles. The van der Waals surface area contributed by atoms with Gasteiger partial charge in [-0.05, 0) is 24.6 Å². The molecule has 0 radical (unpaired) electrons. The van der Waals surface area contributed by atoms with E-state index >= 15 is 0 Å². The van der Waals surface area contributed by atoms with E-state index in [4.69, 9.17) is 10.7 Å². The van der Waals surface area contributed by atoms with E-state index in [2.05, 4.69) is 5.32 Å². The molecule has 4 nitrogen and oxygen atoms in total. The number of hydrogen-bond donors (Lipinski definition) is 1. The Morgan fingerprint density at radius 1 is 1.44 bits per heavy atom. The van der Waals surface area contributed by atoms with Crippen LogP contribution in [0, 0.1) is 12.7 Å². The molecule has 0 atom stereocenters. The van der Waals surface area contributed by atoms with Crippen molar-refractivity contribution in [3.05, 3.63) is 29.1 Å². The van der Waals surface area contributed by atoms with E-state index in [1.54, 1.807) is 0 Å². The van der Waals surface area contributed by atoms with Crippen molar-refractivity contribution in [2.45, 2.75) is 11.8 Å². The van der Waals surface area contributed by atoms with Crippen LogP contribution in [0.4, 0.5) is 4.39 Å². The number of aryl methyl sites for hydroxylation is 1. The van der Waals surface area contributed by atoms with Gasteiger partial charge in [-0.2, -0.15) is 0 Å². The van der Waals surface area contributed by atoms with Gasteiger partial charge in [0.2, 0.25) is 0 Å². The topological polar surface area (TPSA) is 63.2 Å². The molecule has 1 rings (SSSR count). The molecule has 0 aliphatic heterocycles. The smallest absolute Gasteiger partial charge is 0.261 e. The highest BCUT2D eigenvalue weighted by Crippen LogP contribution is 2.21. The molecule has 1 N–H and O–H groups in total. The van der Waals surface area contributed by atoms with Crippen molar-refractivity contribution in [2.75, 3.05) is 7.05 Å². The minimum Gasteiger partial charge on any atom is -0.355 e. The van der Waals surface area contributed by atoms with E-state index in [9.17, 15) is 17.6 Å². The summed E-state index contributed by atoms with van der Waals surface area (Å²) in [5.74, 6) is -1.47. The highest BCUT2D eigenvalue weighted by atomic mass is 35.7. The molecule has 7 heteroatoms. The van der Waals surface area contributed by atoms with Crippen LogP contribution in [0.15, 0.2) is 17.0 Å². The standard InChI is InChI=1S/C9H9ClFNO3S/c1-5-3-6(16(10,14)15)4-7(8(5)11)9(13)12-2/h3-4H,1-2H3,(H,12,13). The van der Waals surface area contributed by atoms with Gasteiger partial charge in [0.1, 0.15) is 5.82 Å². The lowest BCUT2D eigenvalue weighted by molar-refractivity contribution is 0.0958. The zero-order chi connectivity index (χ0) is 12.5. The van der Waals surface area contributed by atoms with E-state index < -0.39 is 20.8 Å². The van der Waals surface area contributed by atoms with E-state index in [-0.39, 0.29) is 16.0 Å². The Hall–Kier alpha value is -1.14. The third-order valence-electron chi connectivity index (χ3n) is 1.98. The first-order valence-corrected chi connectivity index (χ1v) is 6.55. The molecule has 0 fully saturated rings. The first kappa shape index (κ1) is 12.9. The van der Waals surface area contributed by atoms with Crippen LogP contribution in [0.2, 0.25) is 0 Å². The molecule has 0 heterocycles. The fraction of sp³-hybridized carbons (Fsp3) is 0.222. The van der Waals surface area contributed by atoms with Crippen molar-refractivity contribution in [3.63, 3.8) is 0 Å². The summed E-state index contributed by atoms with van der Waals surface area (Å²) < 4.78 is 35.7. The lowest BCUT2D eigenvalue weighted by Crippen LogP contribution is -2.20. The van der Waals surface area contributed by atoms with Crippen molar-refractivity contribution < 1.29 is 17.6 Å². The third-order valence-corrected chi connectivity index (χ3v) is 3.31. The first-order valence-electron chi connectivity index (χ1n) is 4.24. The fourth-order valence-electron chi connectivity index (χ4n) is 1.18. The summed E-state index contributed by atoms with van der Waals surface area (Å²) >= 11 is 0. The predicted octanol–water partition coefficient (Wildman–Crippen LogP) is 1.42. The number of carbonyl (C=O) groups is 1. The van der Waals surface area contributed by atoms with Crippen LogP contribution in [-0.4, -0.2) is 21.4 Å². The van der Waals surface area contributed by atoms with Gasteiger partial charge < -0.3 is 5.32 Å². The number of hydrogen-bond acceptors (Lipinski definition) is 3. The molecule has 0 aliphatic rings. The van der Waals surface area contributed by atoms with Crippen LogP contribution in [0.3, 0.4) is 0 Å². The number of nitrogens with one attached hydrogen (secondary N) is 1. The summed E-state index contributed by atoms with van der Waals surface area (Å²) in [7, 11) is 2.46. The molecule has 0 bridgehead atoms. The summed E-state index contributed by atoms with van der Waals surface area (Å²) in [4.78, 5) is 11.0. The largest absolute Gasteiger partial charge is 0.355 e. The molecule has 0 saturated carbocycles. The molecule has 0 aromatic heterocycles. The molecule has 16 heavy (non-hydrogen) atoms. The van der Waals surface area contributed by atoms with Crippen molar-refractivity contribution >= 4 is 25.6 Å². The second-order valence-electron chi connectivity index (χ2n) is 3.12. The number of amides is 1. The average molecular weight is 266 g/mol. The Morgan fingerprint density at radius 2 is 2.00 bits per heavy atom. The molecule has 1 aromatic rings. The Bertz CT molecular complexity index is 542. The van der Waals surface area contributed by atoms with Crippen molar-refractivity contribution in [1.29, 1.82) is 0 Å². The molecule has 0 spiro atoms. The minimum atomic E-state index is -3.98. The Morgan fingerprint density at radius 3 is 2.44 bits per heavy atom. The summed E-state index contributed by atoms with van der Waals surface area (Å²) in [6.45, 7) is 1.35. The van der Waals surface area contributed by atoms with Crippen LogP contribution >= 0.6 is 10.7 Å². The van der Waals surface area contributed by atoms with Gasteiger partial charge in [-0.25, -0.2) is 12.8 Å². The summed E-state index contributed by atoms with van der Waals surface area (Å²) in [6, 6.07) is 1.98. The number of halogens is 2. The average Bonchev–Trinajstić information content (AvgIpc) is 2.19. The molecule has 0 unspecified atom stereocenters. The van der Waals surface area contributed by atoms with E-state index in [1.807, 2.05) is 0 Å². The van der Waals surface area contributed by atoms with Gasteiger partial charge in [-0.3, -0.25) is 4.79 Å². The highest BCUT2D eigenvalue weighted by molar-refractivity contribution is 8.13. The lowest BCUT2D eigenvalue weighted by Gasteiger charge is -2.06. The number of benzene rings is 1. The maximum absolute atomic E-state index is 13.5. The lowest BCUT2D eigenvalue weighted by atomic mass is 10.1.